The van der Waals surface area contributed by atoms with Gasteiger partial charge in [-0.15, -0.1) is 0 Å². The Labute approximate surface area is 101 Å². The molecule has 0 unspecified atom stereocenters. The van der Waals surface area contributed by atoms with Crippen LogP contribution in [0, 0.1) is 5.92 Å². The van der Waals surface area contributed by atoms with Gasteiger partial charge in [0.25, 0.3) is 0 Å². The highest BCUT2D eigenvalue weighted by atomic mass is 32.2. The molecule has 0 bridgehead atoms. The Balaban J connectivity index is 2.36. The second kappa shape index (κ2) is 5.68. The zero-order valence-electron chi connectivity index (χ0n) is 10.5. The summed E-state index contributed by atoms with van der Waals surface area (Å²) in [4.78, 5) is 4.27. The summed E-state index contributed by atoms with van der Waals surface area (Å²) in [5.41, 5.74) is 5.35. The van der Waals surface area contributed by atoms with Crippen LogP contribution < -0.4 is 5.73 Å². The van der Waals surface area contributed by atoms with Crippen molar-refractivity contribution in [2.45, 2.75) is 45.4 Å². The zero-order valence-corrected chi connectivity index (χ0v) is 11.3. The lowest BCUT2D eigenvalue weighted by Gasteiger charge is -2.11. The first-order chi connectivity index (χ1) is 7.39. The van der Waals surface area contributed by atoms with Crippen molar-refractivity contribution in [3.05, 3.63) is 11.7 Å². The molecule has 1 aromatic heterocycles. The first kappa shape index (κ1) is 13.5. The SMILES string of the molecule is CC(C)CCSCc1nc(C(C)(C)N)no1. The molecule has 0 amide bonds. The van der Waals surface area contributed by atoms with Crippen molar-refractivity contribution in [2.75, 3.05) is 5.75 Å². The second-order valence-corrected chi connectivity index (χ2v) is 6.07. The van der Waals surface area contributed by atoms with Gasteiger partial charge in [0.2, 0.25) is 5.89 Å². The summed E-state index contributed by atoms with van der Waals surface area (Å²) in [5, 5.41) is 3.88. The highest BCUT2D eigenvalue weighted by molar-refractivity contribution is 7.98. The van der Waals surface area contributed by atoms with Gasteiger partial charge in [-0.25, -0.2) is 0 Å². The van der Waals surface area contributed by atoms with Crippen LogP contribution in [-0.2, 0) is 11.3 Å². The number of thioether (sulfide) groups is 1. The quantitative estimate of drug-likeness (QED) is 0.778. The van der Waals surface area contributed by atoms with Crippen LogP contribution in [0.15, 0.2) is 4.52 Å². The molecule has 0 radical (unpaired) electrons. The topological polar surface area (TPSA) is 64.9 Å². The van der Waals surface area contributed by atoms with Gasteiger partial charge in [-0.1, -0.05) is 19.0 Å². The summed E-state index contributed by atoms with van der Waals surface area (Å²) in [6.45, 7) is 8.19. The van der Waals surface area contributed by atoms with E-state index in [1.807, 2.05) is 25.6 Å². The fourth-order valence-corrected chi connectivity index (χ4v) is 2.13. The van der Waals surface area contributed by atoms with Crippen LogP contribution in [0.25, 0.3) is 0 Å². The number of nitrogens with two attached hydrogens (primary N) is 1. The summed E-state index contributed by atoms with van der Waals surface area (Å²) in [7, 11) is 0. The monoisotopic (exact) mass is 243 g/mol. The third-order valence-electron chi connectivity index (χ3n) is 2.11. The Hall–Kier alpha value is -0.550. The molecule has 0 atom stereocenters. The van der Waals surface area contributed by atoms with Crippen molar-refractivity contribution < 1.29 is 4.52 Å². The van der Waals surface area contributed by atoms with Crippen molar-refractivity contribution >= 4 is 11.8 Å². The molecule has 0 aliphatic rings. The van der Waals surface area contributed by atoms with Gasteiger partial charge in [-0.3, -0.25) is 0 Å². The standard InChI is InChI=1S/C11H21N3OS/c1-8(2)5-6-16-7-9-13-10(14-15-9)11(3,4)12/h8H,5-7,12H2,1-4H3. The van der Waals surface area contributed by atoms with Crippen LogP contribution in [0.2, 0.25) is 0 Å². The normalized spacial score (nSPS) is 12.4. The molecule has 2 N–H and O–H groups in total. The maximum Gasteiger partial charge on any atom is 0.236 e. The molecular formula is C11H21N3OS. The minimum Gasteiger partial charge on any atom is -0.338 e. The highest BCUT2D eigenvalue weighted by Crippen LogP contribution is 2.17. The van der Waals surface area contributed by atoms with Crippen LogP contribution in [0.4, 0.5) is 0 Å². The Morgan fingerprint density at radius 1 is 1.44 bits per heavy atom. The van der Waals surface area contributed by atoms with Gasteiger partial charge < -0.3 is 10.3 Å². The van der Waals surface area contributed by atoms with Gasteiger partial charge in [0.15, 0.2) is 5.82 Å². The van der Waals surface area contributed by atoms with E-state index in [4.69, 9.17) is 10.3 Å². The Morgan fingerprint density at radius 2 is 2.12 bits per heavy atom. The third-order valence-corrected chi connectivity index (χ3v) is 3.08. The lowest BCUT2D eigenvalue weighted by Crippen LogP contribution is -2.30. The molecule has 1 rings (SSSR count). The van der Waals surface area contributed by atoms with E-state index in [9.17, 15) is 0 Å². The lowest BCUT2D eigenvalue weighted by molar-refractivity contribution is 0.370. The molecule has 0 fully saturated rings. The predicted molar refractivity (Wildman–Crippen MR) is 67.1 cm³/mol. The molecular weight excluding hydrogens is 222 g/mol. The average Bonchev–Trinajstić information content (AvgIpc) is 2.59. The Kier molecular flexibility index (Phi) is 4.80. The highest BCUT2D eigenvalue weighted by Gasteiger charge is 2.21. The summed E-state index contributed by atoms with van der Waals surface area (Å²) in [6, 6.07) is 0. The van der Waals surface area contributed by atoms with Crippen molar-refractivity contribution in [1.82, 2.24) is 10.1 Å². The summed E-state index contributed by atoms with van der Waals surface area (Å²) in [5.74, 6) is 3.89. The van der Waals surface area contributed by atoms with E-state index in [1.54, 1.807) is 0 Å². The summed E-state index contributed by atoms with van der Waals surface area (Å²) in [6.07, 6.45) is 1.22. The van der Waals surface area contributed by atoms with Crippen LogP contribution >= 0.6 is 11.8 Å². The Bertz CT molecular complexity index is 317. The zero-order chi connectivity index (χ0) is 12.2. The molecule has 1 heterocycles. The van der Waals surface area contributed by atoms with E-state index in [0.717, 1.165) is 17.4 Å². The molecule has 1 aromatic rings. The maximum absolute atomic E-state index is 5.87. The van der Waals surface area contributed by atoms with Gasteiger partial charge in [0, 0.05) is 0 Å². The molecule has 0 saturated heterocycles. The molecule has 0 spiro atoms. The second-order valence-electron chi connectivity index (χ2n) is 4.97. The van der Waals surface area contributed by atoms with E-state index in [0.29, 0.717) is 11.7 Å². The van der Waals surface area contributed by atoms with Crippen molar-refractivity contribution in [3.8, 4) is 0 Å². The first-order valence-electron chi connectivity index (χ1n) is 5.59. The van der Waals surface area contributed by atoms with Crippen LogP contribution in [0.5, 0.6) is 0 Å². The van der Waals surface area contributed by atoms with E-state index < -0.39 is 5.54 Å². The molecule has 5 heteroatoms. The number of rotatable bonds is 6. The number of hydrogen-bond acceptors (Lipinski definition) is 5. The summed E-state index contributed by atoms with van der Waals surface area (Å²) >= 11 is 1.82. The molecule has 0 aliphatic heterocycles. The molecule has 0 aliphatic carbocycles. The average molecular weight is 243 g/mol. The molecule has 0 aromatic carbocycles. The van der Waals surface area contributed by atoms with E-state index >= 15 is 0 Å². The van der Waals surface area contributed by atoms with E-state index in [-0.39, 0.29) is 0 Å². The number of aromatic nitrogens is 2. The third kappa shape index (κ3) is 4.53. The van der Waals surface area contributed by atoms with Crippen molar-refractivity contribution in [2.24, 2.45) is 11.7 Å². The number of hydrogen-bond donors (Lipinski definition) is 1. The predicted octanol–water partition coefficient (Wildman–Crippen LogP) is 2.54. The molecule has 0 saturated carbocycles. The van der Waals surface area contributed by atoms with E-state index in [1.165, 1.54) is 6.42 Å². The van der Waals surface area contributed by atoms with Gasteiger partial charge in [-0.2, -0.15) is 16.7 Å². The molecule has 4 nitrogen and oxygen atoms in total. The molecule has 16 heavy (non-hydrogen) atoms. The lowest BCUT2D eigenvalue weighted by atomic mass is 10.1. The van der Waals surface area contributed by atoms with E-state index in [2.05, 4.69) is 24.0 Å². The van der Waals surface area contributed by atoms with Gasteiger partial charge >= 0.3 is 0 Å². The van der Waals surface area contributed by atoms with Gasteiger partial charge in [-0.05, 0) is 31.9 Å². The summed E-state index contributed by atoms with van der Waals surface area (Å²) < 4.78 is 5.14. The van der Waals surface area contributed by atoms with Crippen molar-refractivity contribution in [3.63, 3.8) is 0 Å². The minimum atomic E-state index is -0.523. The maximum atomic E-state index is 5.87. The van der Waals surface area contributed by atoms with Gasteiger partial charge in [0.1, 0.15) is 0 Å². The fraction of sp³-hybridized carbons (Fsp3) is 0.818. The molecule has 92 valence electrons. The van der Waals surface area contributed by atoms with Gasteiger partial charge in [0.05, 0.1) is 11.3 Å². The van der Waals surface area contributed by atoms with Crippen LogP contribution in [0.1, 0.15) is 45.8 Å². The fourth-order valence-electron chi connectivity index (χ4n) is 1.05. The number of nitrogens with zero attached hydrogens (tertiary/aromatic N) is 2. The smallest absolute Gasteiger partial charge is 0.236 e. The first-order valence-corrected chi connectivity index (χ1v) is 6.74. The Morgan fingerprint density at radius 3 is 2.62 bits per heavy atom. The van der Waals surface area contributed by atoms with Crippen molar-refractivity contribution in [1.29, 1.82) is 0 Å². The van der Waals surface area contributed by atoms with Crippen LogP contribution in [-0.4, -0.2) is 15.9 Å². The minimum absolute atomic E-state index is 0.523. The largest absolute Gasteiger partial charge is 0.338 e. The van der Waals surface area contributed by atoms with Crippen LogP contribution in [0.3, 0.4) is 0 Å².